The van der Waals surface area contributed by atoms with Crippen LogP contribution in [-0.4, -0.2) is 35.5 Å². The molecule has 27 heavy (non-hydrogen) atoms. The Hall–Kier alpha value is -2.82. The van der Waals surface area contributed by atoms with Crippen molar-refractivity contribution in [3.63, 3.8) is 0 Å². The molecule has 1 aromatic heterocycles. The van der Waals surface area contributed by atoms with E-state index in [1.807, 2.05) is 17.0 Å². The Bertz CT molecular complexity index is 978. The van der Waals surface area contributed by atoms with Crippen LogP contribution in [0.2, 0.25) is 0 Å². The van der Waals surface area contributed by atoms with Gasteiger partial charge < -0.3 is 14.6 Å². The van der Waals surface area contributed by atoms with Gasteiger partial charge in [0.15, 0.2) is 0 Å². The van der Waals surface area contributed by atoms with Gasteiger partial charge in [0.2, 0.25) is 0 Å². The molecule has 3 aromatic rings. The lowest BCUT2D eigenvalue weighted by atomic mass is 10.0. The van der Waals surface area contributed by atoms with Crippen molar-refractivity contribution in [2.24, 2.45) is 0 Å². The first kappa shape index (κ1) is 17.6. The van der Waals surface area contributed by atoms with Crippen molar-refractivity contribution in [1.82, 2.24) is 9.88 Å². The Kier molecular flexibility index (Phi) is 4.60. The van der Waals surface area contributed by atoms with Crippen LogP contribution in [0, 0.1) is 12.7 Å². The molecule has 2 aromatic carbocycles. The highest BCUT2D eigenvalue weighted by atomic mass is 19.1. The Morgan fingerprint density at radius 2 is 2.04 bits per heavy atom. The summed E-state index contributed by atoms with van der Waals surface area (Å²) in [5.74, 6) is 0.480. The third-order valence-corrected chi connectivity index (χ3v) is 5.50. The minimum absolute atomic E-state index is 0.0208. The number of likely N-dealkylation sites (tertiary alicyclic amines) is 1. The average Bonchev–Trinajstić information content (AvgIpc) is 3.26. The number of fused-ring (bicyclic) bond motifs is 1. The zero-order valence-corrected chi connectivity index (χ0v) is 15.6. The zero-order chi connectivity index (χ0) is 19.0. The molecule has 1 atom stereocenters. The van der Waals surface area contributed by atoms with Crippen LogP contribution in [-0.2, 0) is 6.42 Å². The molecule has 1 amide bonds. The van der Waals surface area contributed by atoms with Gasteiger partial charge in [-0.15, -0.1) is 0 Å². The fraction of sp³-hybridized carbons (Fsp3) is 0.318. The molecule has 1 aliphatic heterocycles. The summed E-state index contributed by atoms with van der Waals surface area (Å²) in [6, 6.07) is 12.0. The molecule has 1 unspecified atom stereocenters. The summed E-state index contributed by atoms with van der Waals surface area (Å²) in [7, 11) is 1.67. The van der Waals surface area contributed by atoms with Crippen molar-refractivity contribution in [2.45, 2.75) is 32.2 Å². The topological polar surface area (TPSA) is 45.3 Å². The lowest BCUT2D eigenvalue weighted by Crippen LogP contribution is -2.36. The van der Waals surface area contributed by atoms with E-state index in [0.29, 0.717) is 5.56 Å². The quantitative estimate of drug-likeness (QED) is 0.740. The number of ether oxygens (including phenoxy) is 1. The fourth-order valence-electron chi connectivity index (χ4n) is 4.06. The molecule has 4 nitrogen and oxygen atoms in total. The molecule has 5 heteroatoms. The minimum Gasteiger partial charge on any atom is -0.497 e. The summed E-state index contributed by atoms with van der Waals surface area (Å²) in [6.45, 7) is 2.81. The standard InChI is InChI=1S/C22H23FN2O2/c1-14-19(20-13-18(27-2)9-10-21(20)24-14)12-17-4-3-11-25(17)22(26)15-5-7-16(23)8-6-15/h5-10,13,17,24H,3-4,11-12H2,1-2H3. The van der Waals surface area contributed by atoms with Gasteiger partial charge in [0.05, 0.1) is 7.11 Å². The summed E-state index contributed by atoms with van der Waals surface area (Å²) in [5.41, 5.74) is 3.98. The molecule has 140 valence electrons. The predicted octanol–water partition coefficient (Wildman–Crippen LogP) is 4.47. The molecular formula is C22H23FN2O2. The third-order valence-electron chi connectivity index (χ3n) is 5.50. The van der Waals surface area contributed by atoms with Crippen LogP contribution in [0.1, 0.15) is 34.5 Å². The number of hydrogen-bond donors (Lipinski definition) is 1. The number of nitrogens with zero attached hydrogens (tertiary/aromatic N) is 1. The van der Waals surface area contributed by atoms with Crippen molar-refractivity contribution >= 4 is 16.8 Å². The van der Waals surface area contributed by atoms with Crippen LogP contribution in [0.15, 0.2) is 42.5 Å². The van der Waals surface area contributed by atoms with E-state index in [2.05, 4.69) is 18.0 Å². The average molecular weight is 366 g/mol. The lowest BCUT2D eigenvalue weighted by Gasteiger charge is -2.25. The SMILES string of the molecule is COc1ccc2[nH]c(C)c(CC3CCCN3C(=O)c3ccc(F)cc3)c2c1. The van der Waals surface area contributed by atoms with Crippen molar-refractivity contribution in [3.05, 3.63) is 65.1 Å². The van der Waals surface area contributed by atoms with Crippen molar-refractivity contribution in [3.8, 4) is 5.75 Å². The Labute approximate surface area is 157 Å². The fourth-order valence-corrected chi connectivity index (χ4v) is 4.06. The molecule has 0 saturated carbocycles. The van der Waals surface area contributed by atoms with Crippen molar-refractivity contribution < 1.29 is 13.9 Å². The van der Waals surface area contributed by atoms with E-state index in [0.717, 1.165) is 48.2 Å². The number of aryl methyl sites for hydroxylation is 1. The number of amides is 1. The summed E-state index contributed by atoms with van der Waals surface area (Å²) in [6.07, 6.45) is 2.76. The van der Waals surface area contributed by atoms with Crippen molar-refractivity contribution in [2.75, 3.05) is 13.7 Å². The van der Waals surface area contributed by atoms with Gasteiger partial charge in [0, 0.05) is 34.7 Å². The van der Waals surface area contributed by atoms with Crippen LogP contribution >= 0.6 is 0 Å². The van der Waals surface area contributed by atoms with Gasteiger partial charge in [-0.1, -0.05) is 0 Å². The van der Waals surface area contributed by atoms with Gasteiger partial charge in [-0.05, 0) is 74.2 Å². The second-order valence-electron chi connectivity index (χ2n) is 7.15. The van der Waals surface area contributed by atoms with Gasteiger partial charge in [-0.3, -0.25) is 4.79 Å². The zero-order valence-electron chi connectivity index (χ0n) is 15.6. The van der Waals surface area contributed by atoms with E-state index in [1.165, 1.54) is 17.7 Å². The van der Waals surface area contributed by atoms with E-state index in [4.69, 9.17) is 4.74 Å². The Balaban J connectivity index is 1.62. The lowest BCUT2D eigenvalue weighted by molar-refractivity contribution is 0.0736. The maximum Gasteiger partial charge on any atom is 0.254 e. The maximum atomic E-state index is 13.2. The first-order valence-electron chi connectivity index (χ1n) is 9.28. The van der Waals surface area contributed by atoms with Crippen molar-refractivity contribution in [1.29, 1.82) is 0 Å². The number of halogens is 1. The van der Waals surface area contributed by atoms with E-state index in [9.17, 15) is 9.18 Å². The highest BCUT2D eigenvalue weighted by Crippen LogP contribution is 2.31. The first-order chi connectivity index (χ1) is 13.1. The monoisotopic (exact) mass is 366 g/mol. The molecule has 1 aliphatic rings. The second-order valence-corrected chi connectivity index (χ2v) is 7.15. The highest BCUT2D eigenvalue weighted by molar-refractivity contribution is 5.94. The number of nitrogens with one attached hydrogen (secondary N) is 1. The molecule has 2 heterocycles. The summed E-state index contributed by atoms with van der Waals surface area (Å²) < 4.78 is 18.5. The van der Waals surface area contributed by atoms with Crippen LogP contribution in [0.25, 0.3) is 10.9 Å². The van der Waals surface area contributed by atoms with Gasteiger partial charge in [-0.25, -0.2) is 4.39 Å². The highest BCUT2D eigenvalue weighted by Gasteiger charge is 2.30. The number of carbonyl (C=O) groups excluding carboxylic acids is 1. The normalized spacial score (nSPS) is 16.9. The van der Waals surface area contributed by atoms with E-state index in [1.54, 1.807) is 19.2 Å². The van der Waals surface area contributed by atoms with E-state index < -0.39 is 0 Å². The van der Waals surface area contributed by atoms with Crippen LogP contribution < -0.4 is 4.74 Å². The largest absolute Gasteiger partial charge is 0.497 e. The minimum atomic E-state index is -0.326. The predicted molar refractivity (Wildman–Crippen MR) is 104 cm³/mol. The number of carbonyl (C=O) groups is 1. The molecule has 0 aliphatic carbocycles. The first-order valence-corrected chi connectivity index (χ1v) is 9.28. The molecule has 1 N–H and O–H groups in total. The molecule has 0 radical (unpaired) electrons. The van der Waals surface area contributed by atoms with E-state index in [-0.39, 0.29) is 17.8 Å². The summed E-state index contributed by atoms with van der Waals surface area (Å²) >= 11 is 0. The maximum absolute atomic E-state index is 13.2. The van der Waals surface area contributed by atoms with Gasteiger partial charge >= 0.3 is 0 Å². The van der Waals surface area contributed by atoms with Crippen LogP contribution in [0.3, 0.4) is 0 Å². The van der Waals surface area contributed by atoms with Gasteiger partial charge in [0.25, 0.3) is 5.91 Å². The Morgan fingerprint density at radius 3 is 2.78 bits per heavy atom. The third kappa shape index (κ3) is 3.29. The number of methoxy groups -OCH3 is 1. The number of aromatic amines is 1. The summed E-state index contributed by atoms with van der Waals surface area (Å²) in [4.78, 5) is 18.3. The Morgan fingerprint density at radius 1 is 1.26 bits per heavy atom. The second kappa shape index (κ2) is 7.06. The van der Waals surface area contributed by atoms with Crippen LogP contribution in [0.5, 0.6) is 5.75 Å². The van der Waals surface area contributed by atoms with E-state index >= 15 is 0 Å². The number of benzene rings is 2. The number of rotatable bonds is 4. The number of hydrogen-bond acceptors (Lipinski definition) is 2. The molecule has 0 bridgehead atoms. The van der Waals surface area contributed by atoms with Crippen LogP contribution in [0.4, 0.5) is 4.39 Å². The number of aromatic nitrogens is 1. The molecular weight excluding hydrogens is 343 g/mol. The number of H-pyrrole nitrogens is 1. The molecule has 0 spiro atoms. The molecule has 1 fully saturated rings. The molecule has 4 rings (SSSR count). The summed E-state index contributed by atoms with van der Waals surface area (Å²) in [5, 5.41) is 1.15. The van der Waals surface area contributed by atoms with Gasteiger partial charge in [0.1, 0.15) is 11.6 Å². The molecule has 1 saturated heterocycles. The van der Waals surface area contributed by atoms with Gasteiger partial charge in [-0.2, -0.15) is 0 Å². The smallest absolute Gasteiger partial charge is 0.254 e.